The van der Waals surface area contributed by atoms with E-state index in [0.717, 1.165) is 25.2 Å². The number of carbonyl (C=O) groups is 1. The highest BCUT2D eigenvalue weighted by Crippen LogP contribution is 2.38. The number of halogens is 2. The van der Waals surface area contributed by atoms with E-state index < -0.39 is 5.82 Å². The number of carbonyl (C=O) groups excluding carboxylic acids is 1. The third kappa shape index (κ3) is 6.70. The van der Waals surface area contributed by atoms with Gasteiger partial charge in [0.15, 0.2) is 0 Å². The lowest BCUT2D eigenvalue weighted by Gasteiger charge is -2.26. The number of hydrogen-bond donors (Lipinski definition) is 2. The van der Waals surface area contributed by atoms with Gasteiger partial charge in [-0.15, -0.1) is 0 Å². The van der Waals surface area contributed by atoms with E-state index in [1.165, 1.54) is 12.1 Å². The molecule has 0 atom stereocenters. The number of aromatic nitrogens is 3. The SMILES string of the molecule is C=CC(=O)Nc1cc(Nc2nccc(-n3ccc4cc(F)c(Cl)cc43)n2)c(OCCC)cc1N(C)CCN(C)C. The number of nitrogens with zero attached hydrogens (tertiary/aromatic N) is 5. The number of amides is 1. The van der Waals surface area contributed by atoms with E-state index in [1.54, 1.807) is 41.2 Å². The molecular formula is C29H33ClFN7O2. The van der Waals surface area contributed by atoms with E-state index in [1.807, 2.05) is 34.1 Å². The highest BCUT2D eigenvalue weighted by Gasteiger charge is 2.17. The lowest BCUT2D eigenvalue weighted by Crippen LogP contribution is -2.29. The van der Waals surface area contributed by atoms with Gasteiger partial charge >= 0.3 is 0 Å². The van der Waals surface area contributed by atoms with Crippen LogP contribution in [0.1, 0.15) is 13.3 Å². The fraction of sp³-hybridized carbons (Fsp3) is 0.276. The minimum absolute atomic E-state index is 0.0299. The predicted molar refractivity (Wildman–Crippen MR) is 160 cm³/mol. The average molecular weight is 566 g/mol. The monoisotopic (exact) mass is 565 g/mol. The van der Waals surface area contributed by atoms with E-state index in [0.29, 0.717) is 46.4 Å². The molecule has 9 nitrogen and oxygen atoms in total. The Morgan fingerprint density at radius 3 is 2.70 bits per heavy atom. The van der Waals surface area contributed by atoms with Gasteiger partial charge in [0.1, 0.15) is 17.4 Å². The van der Waals surface area contributed by atoms with Crippen LogP contribution in [0, 0.1) is 5.82 Å². The maximum atomic E-state index is 14.0. The minimum atomic E-state index is -0.480. The first-order chi connectivity index (χ1) is 19.2. The number of nitrogens with one attached hydrogen (secondary N) is 2. The molecule has 0 aliphatic carbocycles. The van der Waals surface area contributed by atoms with Gasteiger partial charge < -0.3 is 29.7 Å². The van der Waals surface area contributed by atoms with Crippen molar-refractivity contribution in [3.05, 3.63) is 72.3 Å². The molecule has 0 fully saturated rings. The summed E-state index contributed by atoms with van der Waals surface area (Å²) in [5.41, 5.74) is 2.67. The van der Waals surface area contributed by atoms with E-state index in [4.69, 9.17) is 16.3 Å². The molecule has 210 valence electrons. The predicted octanol–water partition coefficient (Wildman–Crippen LogP) is 5.87. The molecule has 1 amide bonds. The van der Waals surface area contributed by atoms with Gasteiger partial charge in [-0.1, -0.05) is 25.1 Å². The van der Waals surface area contributed by atoms with Crippen LogP contribution in [0.5, 0.6) is 5.75 Å². The Morgan fingerprint density at radius 1 is 1.18 bits per heavy atom. The number of hydrogen-bond acceptors (Lipinski definition) is 7. The standard InChI is InChI=1S/C29H33ClFN7O2/c1-6-14-40-26-18-25(37(5)13-12-36(3)4)22(33-28(39)7-2)17-23(26)34-29-32-10-8-27(35-29)38-11-9-19-15-21(31)20(30)16-24(19)38/h7-11,15-18H,2,6,12-14H2,1,3-5H3,(H,33,39)(H,32,34,35). The van der Waals surface area contributed by atoms with Crippen LogP contribution >= 0.6 is 11.6 Å². The molecular weight excluding hydrogens is 533 g/mol. The van der Waals surface area contributed by atoms with Gasteiger partial charge in [0.25, 0.3) is 0 Å². The molecule has 40 heavy (non-hydrogen) atoms. The molecule has 0 saturated carbocycles. The summed E-state index contributed by atoms with van der Waals surface area (Å²) in [6, 6.07) is 10.2. The first kappa shape index (κ1) is 28.8. The third-order valence-corrected chi connectivity index (χ3v) is 6.45. The molecule has 0 aliphatic rings. The molecule has 2 aromatic heterocycles. The maximum Gasteiger partial charge on any atom is 0.247 e. The lowest BCUT2D eigenvalue weighted by molar-refractivity contribution is -0.111. The Balaban J connectivity index is 1.73. The normalized spacial score (nSPS) is 11.1. The summed E-state index contributed by atoms with van der Waals surface area (Å²) in [5.74, 6) is 0.651. The van der Waals surface area contributed by atoms with E-state index in [2.05, 4.69) is 37.0 Å². The van der Waals surface area contributed by atoms with E-state index in [9.17, 15) is 9.18 Å². The average Bonchev–Trinajstić information content (AvgIpc) is 3.33. The van der Waals surface area contributed by atoms with Crippen LogP contribution in [0.2, 0.25) is 5.02 Å². The topological polar surface area (TPSA) is 87.5 Å². The van der Waals surface area contributed by atoms with Crippen LogP contribution in [-0.4, -0.2) is 66.2 Å². The summed E-state index contributed by atoms with van der Waals surface area (Å²) < 4.78 is 21.9. The van der Waals surface area contributed by atoms with Gasteiger partial charge in [-0.3, -0.25) is 4.79 Å². The fourth-order valence-electron chi connectivity index (χ4n) is 4.06. The summed E-state index contributed by atoms with van der Waals surface area (Å²) in [4.78, 5) is 25.5. The Morgan fingerprint density at radius 2 is 1.98 bits per heavy atom. The molecule has 4 aromatic rings. The van der Waals surface area contributed by atoms with Crippen molar-refractivity contribution in [2.75, 3.05) is 56.4 Å². The lowest BCUT2D eigenvalue weighted by atomic mass is 10.2. The van der Waals surface area contributed by atoms with Crippen molar-refractivity contribution in [2.45, 2.75) is 13.3 Å². The van der Waals surface area contributed by atoms with Crippen molar-refractivity contribution < 1.29 is 13.9 Å². The number of anilines is 4. The summed E-state index contributed by atoms with van der Waals surface area (Å²) in [6.45, 7) is 7.66. The highest BCUT2D eigenvalue weighted by atomic mass is 35.5. The fourth-order valence-corrected chi connectivity index (χ4v) is 4.22. The second kappa shape index (κ2) is 12.8. The van der Waals surface area contributed by atoms with E-state index in [-0.39, 0.29) is 10.9 Å². The zero-order chi connectivity index (χ0) is 28.8. The molecule has 2 aromatic carbocycles. The van der Waals surface area contributed by atoms with Crippen LogP contribution < -0.4 is 20.3 Å². The van der Waals surface area contributed by atoms with Crippen molar-refractivity contribution in [3.63, 3.8) is 0 Å². The van der Waals surface area contributed by atoms with Gasteiger partial charge in [0.2, 0.25) is 11.9 Å². The summed E-state index contributed by atoms with van der Waals surface area (Å²) in [6.07, 6.45) is 5.46. The second-order valence-electron chi connectivity index (χ2n) is 9.51. The number of likely N-dealkylation sites (N-methyl/N-ethyl adjacent to an activating group) is 2. The van der Waals surface area contributed by atoms with Crippen LogP contribution in [0.4, 0.5) is 27.4 Å². The van der Waals surface area contributed by atoms with E-state index >= 15 is 0 Å². The molecule has 0 aliphatic heterocycles. The quantitative estimate of drug-likeness (QED) is 0.208. The van der Waals surface area contributed by atoms with Crippen LogP contribution in [0.3, 0.4) is 0 Å². The Bertz CT molecular complexity index is 1520. The number of fused-ring (bicyclic) bond motifs is 1. The Kier molecular flexibility index (Phi) is 9.23. The second-order valence-corrected chi connectivity index (χ2v) is 9.91. The molecule has 0 unspecified atom stereocenters. The molecule has 0 bridgehead atoms. The maximum absolute atomic E-state index is 14.0. The van der Waals surface area contributed by atoms with Gasteiger partial charge in [-0.05, 0) is 56.9 Å². The molecule has 4 rings (SSSR count). The third-order valence-electron chi connectivity index (χ3n) is 6.16. The zero-order valence-corrected chi connectivity index (χ0v) is 23.8. The van der Waals surface area contributed by atoms with Crippen molar-refractivity contribution in [2.24, 2.45) is 0 Å². The van der Waals surface area contributed by atoms with Gasteiger partial charge in [-0.25, -0.2) is 9.37 Å². The number of ether oxygens (including phenoxy) is 1. The van der Waals surface area contributed by atoms with Gasteiger partial charge in [0.05, 0.1) is 34.2 Å². The minimum Gasteiger partial charge on any atom is -0.491 e. The van der Waals surface area contributed by atoms with Crippen molar-refractivity contribution in [1.29, 1.82) is 0 Å². The summed E-state index contributed by atoms with van der Waals surface area (Å²) in [5, 5.41) is 6.88. The largest absolute Gasteiger partial charge is 0.491 e. The molecule has 2 heterocycles. The molecule has 0 spiro atoms. The summed E-state index contributed by atoms with van der Waals surface area (Å²) >= 11 is 6.04. The van der Waals surface area contributed by atoms with Crippen molar-refractivity contribution >= 4 is 51.4 Å². The first-order valence-electron chi connectivity index (χ1n) is 12.9. The van der Waals surface area contributed by atoms with Gasteiger partial charge in [-0.2, -0.15) is 4.98 Å². The van der Waals surface area contributed by atoms with Crippen LogP contribution in [0.25, 0.3) is 16.7 Å². The Labute approximate surface area is 238 Å². The molecule has 2 N–H and O–H groups in total. The van der Waals surface area contributed by atoms with Gasteiger partial charge in [0, 0.05) is 44.0 Å². The summed E-state index contributed by atoms with van der Waals surface area (Å²) in [7, 11) is 5.98. The molecule has 11 heteroatoms. The molecule has 0 radical (unpaired) electrons. The van der Waals surface area contributed by atoms with Crippen LogP contribution in [-0.2, 0) is 4.79 Å². The zero-order valence-electron chi connectivity index (χ0n) is 23.0. The van der Waals surface area contributed by atoms with Crippen LogP contribution in [0.15, 0.2) is 61.4 Å². The number of rotatable bonds is 12. The first-order valence-corrected chi connectivity index (χ1v) is 13.2. The molecule has 0 saturated heterocycles. The van der Waals surface area contributed by atoms with Crippen molar-refractivity contribution in [3.8, 4) is 11.6 Å². The van der Waals surface area contributed by atoms with Crippen molar-refractivity contribution in [1.82, 2.24) is 19.4 Å². The number of benzene rings is 2. The highest BCUT2D eigenvalue weighted by molar-refractivity contribution is 6.31. The Hall–Kier alpha value is -4.15. The smallest absolute Gasteiger partial charge is 0.247 e.